The number of halogens is 1. The summed E-state index contributed by atoms with van der Waals surface area (Å²) in [5.74, 6) is 0. The van der Waals surface area contributed by atoms with Crippen molar-refractivity contribution in [2.75, 3.05) is 6.67 Å². The molecule has 7 heteroatoms. The standard InChI is InChI=1S/C26H38FN3O3/c1-18(2)28-17-22-13-12-21(16-29-22)19-8-10-20(11-9-19)23(14-15-27)32-26(6,7)30-24(31)33-25(3,4)5/h8-13,16,18,23,28H,14-15,17H2,1-7H3,(H,30,31)/t23-/m0/s1. The molecule has 0 saturated carbocycles. The molecule has 0 aliphatic carbocycles. The molecule has 1 aromatic heterocycles. The number of hydrogen-bond donors (Lipinski definition) is 2. The molecular formula is C26H38FN3O3. The summed E-state index contributed by atoms with van der Waals surface area (Å²) in [6, 6.07) is 12.3. The Bertz CT molecular complexity index is 875. The van der Waals surface area contributed by atoms with E-state index in [-0.39, 0.29) is 6.42 Å². The lowest BCUT2D eigenvalue weighted by molar-refractivity contribution is -0.0979. The van der Waals surface area contributed by atoms with Crippen molar-refractivity contribution in [3.05, 3.63) is 53.9 Å². The topological polar surface area (TPSA) is 72.5 Å². The molecule has 33 heavy (non-hydrogen) atoms. The number of hydrogen-bond acceptors (Lipinski definition) is 5. The van der Waals surface area contributed by atoms with Gasteiger partial charge in [0.1, 0.15) is 11.3 Å². The minimum absolute atomic E-state index is 0.178. The van der Waals surface area contributed by atoms with Gasteiger partial charge in [-0.3, -0.25) is 14.7 Å². The van der Waals surface area contributed by atoms with Gasteiger partial charge in [0.15, 0.2) is 0 Å². The Morgan fingerprint density at radius 1 is 1.03 bits per heavy atom. The van der Waals surface area contributed by atoms with Crippen LogP contribution in [0.1, 0.15) is 72.2 Å². The number of alkyl halides is 1. The van der Waals surface area contributed by atoms with E-state index in [1.165, 1.54) is 0 Å². The summed E-state index contributed by atoms with van der Waals surface area (Å²) in [5.41, 5.74) is 2.18. The molecule has 2 rings (SSSR count). The van der Waals surface area contributed by atoms with E-state index in [4.69, 9.17) is 9.47 Å². The van der Waals surface area contributed by atoms with Crippen LogP contribution >= 0.6 is 0 Å². The summed E-state index contributed by atoms with van der Waals surface area (Å²) < 4.78 is 24.7. The molecule has 1 aromatic carbocycles. The third kappa shape index (κ3) is 9.48. The highest BCUT2D eigenvalue weighted by molar-refractivity contribution is 5.68. The zero-order valence-electron chi connectivity index (χ0n) is 20.9. The number of pyridine rings is 1. The summed E-state index contributed by atoms with van der Waals surface area (Å²) in [6.07, 6.45) is 0.936. The van der Waals surface area contributed by atoms with Crippen LogP contribution < -0.4 is 10.6 Å². The number of nitrogens with zero attached hydrogens (tertiary/aromatic N) is 1. The van der Waals surface area contributed by atoms with Gasteiger partial charge in [-0.2, -0.15) is 0 Å². The molecule has 1 atom stereocenters. The van der Waals surface area contributed by atoms with Gasteiger partial charge >= 0.3 is 6.09 Å². The highest BCUT2D eigenvalue weighted by Crippen LogP contribution is 2.29. The smallest absolute Gasteiger partial charge is 0.409 e. The van der Waals surface area contributed by atoms with E-state index in [9.17, 15) is 9.18 Å². The van der Waals surface area contributed by atoms with Crippen LogP contribution in [0.25, 0.3) is 11.1 Å². The third-order valence-electron chi connectivity index (χ3n) is 4.74. The first-order valence-corrected chi connectivity index (χ1v) is 11.4. The van der Waals surface area contributed by atoms with Crippen LogP contribution in [0.15, 0.2) is 42.6 Å². The van der Waals surface area contributed by atoms with Gasteiger partial charge in [-0.25, -0.2) is 4.79 Å². The van der Waals surface area contributed by atoms with E-state index in [0.29, 0.717) is 6.04 Å². The van der Waals surface area contributed by atoms with Crippen LogP contribution in [0.2, 0.25) is 0 Å². The average Bonchev–Trinajstić information content (AvgIpc) is 2.70. The Morgan fingerprint density at radius 2 is 1.67 bits per heavy atom. The summed E-state index contributed by atoms with van der Waals surface area (Å²) in [4.78, 5) is 16.7. The van der Waals surface area contributed by atoms with Crippen LogP contribution in [-0.2, 0) is 16.0 Å². The van der Waals surface area contributed by atoms with Gasteiger partial charge in [-0.1, -0.05) is 44.2 Å². The van der Waals surface area contributed by atoms with Crippen molar-refractivity contribution in [2.45, 2.75) is 84.9 Å². The number of ether oxygens (including phenoxy) is 2. The van der Waals surface area contributed by atoms with Crippen LogP contribution in [0.3, 0.4) is 0 Å². The zero-order valence-corrected chi connectivity index (χ0v) is 20.9. The normalized spacial score (nSPS) is 13.1. The maximum absolute atomic E-state index is 13.3. The number of benzene rings is 1. The maximum atomic E-state index is 13.3. The van der Waals surface area contributed by atoms with E-state index in [1.807, 2.05) is 42.6 Å². The van der Waals surface area contributed by atoms with Crippen molar-refractivity contribution in [1.82, 2.24) is 15.6 Å². The molecule has 1 heterocycles. The molecule has 0 aliphatic heterocycles. The van der Waals surface area contributed by atoms with Crippen molar-refractivity contribution in [3.63, 3.8) is 0 Å². The van der Waals surface area contributed by atoms with Crippen LogP contribution in [0.5, 0.6) is 0 Å². The predicted octanol–water partition coefficient (Wildman–Crippen LogP) is 5.92. The Morgan fingerprint density at radius 3 is 2.18 bits per heavy atom. The second kappa shape index (κ2) is 11.6. The number of carbonyl (C=O) groups is 1. The predicted molar refractivity (Wildman–Crippen MR) is 130 cm³/mol. The second-order valence-electron chi connectivity index (χ2n) is 9.92. The largest absolute Gasteiger partial charge is 0.444 e. The number of nitrogens with one attached hydrogen (secondary N) is 2. The monoisotopic (exact) mass is 459 g/mol. The fourth-order valence-electron chi connectivity index (χ4n) is 3.23. The molecule has 0 saturated heterocycles. The minimum atomic E-state index is -1.04. The van der Waals surface area contributed by atoms with Crippen molar-refractivity contribution in [3.8, 4) is 11.1 Å². The molecule has 0 bridgehead atoms. The van der Waals surface area contributed by atoms with Crippen molar-refractivity contribution < 1.29 is 18.7 Å². The molecular weight excluding hydrogens is 421 g/mol. The molecule has 6 nitrogen and oxygen atoms in total. The summed E-state index contributed by atoms with van der Waals surface area (Å²) in [5, 5.41) is 6.06. The summed E-state index contributed by atoms with van der Waals surface area (Å²) in [6.45, 7) is 13.2. The van der Waals surface area contributed by atoms with Crippen molar-refractivity contribution in [2.24, 2.45) is 0 Å². The molecule has 0 radical (unpaired) electrons. The lowest BCUT2D eigenvalue weighted by Crippen LogP contribution is -2.48. The van der Waals surface area contributed by atoms with Crippen LogP contribution in [-0.4, -0.2) is 35.1 Å². The van der Waals surface area contributed by atoms with E-state index in [2.05, 4.69) is 29.5 Å². The number of aromatic nitrogens is 1. The van der Waals surface area contributed by atoms with Gasteiger partial charge in [-0.05, 0) is 51.8 Å². The highest BCUT2D eigenvalue weighted by Gasteiger charge is 2.29. The first-order valence-electron chi connectivity index (χ1n) is 11.4. The summed E-state index contributed by atoms with van der Waals surface area (Å²) in [7, 11) is 0. The van der Waals surface area contributed by atoms with Gasteiger partial charge in [-0.15, -0.1) is 0 Å². The number of rotatable bonds is 10. The van der Waals surface area contributed by atoms with Gasteiger partial charge in [0.05, 0.1) is 18.5 Å². The molecule has 2 N–H and O–H groups in total. The first-order chi connectivity index (χ1) is 15.4. The van der Waals surface area contributed by atoms with Crippen LogP contribution in [0.4, 0.5) is 9.18 Å². The van der Waals surface area contributed by atoms with E-state index in [1.54, 1.807) is 34.6 Å². The molecule has 0 fully saturated rings. The van der Waals surface area contributed by atoms with Gasteiger partial charge < -0.3 is 14.8 Å². The second-order valence-corrected chi connectivity index (χ2v) is 9.92. The van der Waals surface area contributed by atoms with Crippen molar-refractivity contribution >= 4 is 6.09 Å². The fraction of sp³-hybridized carbons (Fsp3) is 0.538. The quantitative estimate of drug-likeness (QED) is 0.431. The number of carbonyl (C=O) groups excluding carboxylic acids is 1. The Balaban J connectivity index is 2.08. The number of amides is 1. The van der Waals surface area contributed by atoms with Crippen molar-refractivity contribution in [1.29, 1.82) is 0 Å². The molecule has 1 amide bonds. The Labute approximate surface area is 197 Å². The minimum Gasteiger partial charge on any atom is -0.444 e. The highest BCUT2D eigenvalue weighted by atomic mass is 19.1. The number of alkyl carbamates (subject to hydrolysis) is 1. The first kappa shape index (κ1) is 26.7. The summed E-state index contributed by atoms with van der Waals surface area (Å²) >= 11 is 0. The van der Waals surface area contributed by atoms with E-state index in [0.717, 1.165) is 28.9 Å². The van der Waals surface area contributed by atoms with E-state index < -0.39 is 30.2 Å². The van der Waals surface area contributed by atoms with Gasteiger partial charge in [0.2, 0.25) is 0 Å². The maximum Gasteiger partial charge on any atom is 0.409 e. The fourth-order valence-corrected chi connectivity index (χ4v) is 3.23. The molecule has 0 spiro atoms. The average molecular weight is 460 g/mol. The lowest BCUT2D eigenvalue weighted by Gasteiger charge is -2.32. The van der Waals surface area contributed by atoms with Gasteiger partial charge in [0.25, 0.3) is 0 Å². The SMILES string of the molecule is CC(C)NCc1ccc(-c2ccc([C@H](CCF)OC(C)(C)NC(=O)OC(C)(C)C)cc2)cn1. The van der Waals surface area contributed by atoms with Gasteiger partial charge in [0, 0.05) is 30.8 Å². The molecule has 2 aromatic rings. The molecule has 0 aliphatic rings. The molecule has 0 unspecified atom stereocenters. The van der Waals surface area contributed by atoms with Crippen LogP contribution in [0, 0.1) is 0 Å². The third-order valence-corrected chi connectivity index (χ3v) is 4.74. The zero-order chi connectivity index (χ0) is 24.6. The molecule has 182 valence electrons. The lowest BCUT2D eigenvalue weighted by atomic mass is 10.0. The van der Waals surface area contributed by atoms with E-state index >= 15 is 0 Å². The Hall–Kier alpha value is -2.51. The Kier molecular flexibility index (Phi) is 9.37.